The van der Waals surface area contributed by atoms with E-state index in [0.29, 0.717) is 25.7 Å². The number of phosphoric ester groups is 2. The number of aliphatic hydroxyl groups excluding tert-OH is 1. The van der Waals surface area contributed by atoms with E-state index in [-0.39, 0.29) is 25.7 Å². The molecule has 0 bridgehead atoms. The Kier molecular flexibility index (Phi) is 77.7. The van der Waals surface area contributed by atoms with Gasteiger partial charge in [-0.3, -0.25) is 37.3 Å². The minimum atomic E-state index is -4.96. The fraction of sp³-hybridized carbons (Fsp3) is 0.953. The molecule has 5 atom stereocenters. The van der Waals surface area contributed by atoms with Crippen molar-refractivity contribution < 1.29 is 80.2 Å². The standard InChI is InChI=1S/C85H166O17P2/c1-5-9-13-17-21-25-29-32-34-36-38-39-40-42-44-46-49-52-56-60-64-68-72-85(90)102-81(76-96-83(88)70-66-62-58-54-50-48-45-43-41-37-35-33-30-26-22-18-14-10-6-2)78-100-104(93,94)98-74-79(86)73-97-103(91,92)99-77-80(75-95-82(87)69-65-61-57-53-28-24-20-16-12-8-4)101-84(89)71-67-63-59-55-51-47-31-27-23-19-15-11-7-3/h79-81,86H,5-78H2,1-4H3,(H,91,92)(H,93,94)/t79-,80+,81+/m0/s1. The molecule has 0 aliphatic heterocycles. The number of aliphatic hydroxyl groups is 1. The monoisotopic (exact) mass is 1520 g/mol. The van der Waals surface area contributed by atoms with E-state index in [1.165, 1.54) is 295 Å². The van der Waals surface area contributed by atoms with Crippen LogP contribution in [0.4, 0.5) is 0 Å². The van der Waals surface area contributed by atoms with Crippen LogP contribution in [-0.4, -0.2) is 96.7 Å². The largest absolute Gasteiger partial charge is 0.472 e. The first-order valence-corrected chi connectivity index (χ1v) is 47.3. The molecule has 618 valence electrons. The molecule has 0 amide bonds. The molecular weight excluding hydrogens is 1350 g/mol. The Labute approximate surface area is 638 Å². The van der Waals surface area contributed by atoms with E-state index >= 15 is 0 Å². The van der Waals surface area contributed by atoms with Gasteiger partial charge in [-0.1, -0.05) is 413 Å². The molecule has 0 saturated carbocycles. The molecule has 19 heteroatoms. The highest BCUT2D eigenvalue weighted by molar-refractivity contribution is 7.47. The topological polar surface area (TPSA) is 237 Å². The minimum absolute atomic E-state index is 0.109. The van der Waals surface area contributed by atoms with E-state index in [0.717, 1.165) is 89.9 Å². The second-order valence-electron chi connectivity index (χ2n) is 30.6. The van der Waals surface area contributed by atoms with Crippen molar-refractivity contribution in [2.45, 2.75) is 483 Å². The lowest BCUT2D eigenvalue weighted by Gasteiger charge is -2.21. The maximum Gasteiger partial charge on any atom is 0.472 e. The summed E-state index contributed by atoms with van der Waals surface area (Å²) in [4.78, 5) is 73.1. The van der Waals surface area contributed by atoms with Gasteiger partial charge >= 0.3 is 39.5 Å². The zero-order chi connectivity index (χ0) is 76.0. The van der Waals surface area contributed by atoms with Crippen molar-refractivity contribution in [3.05, 3.63) is 0 Å². The second-order valence-corrected chi connectivity index (χ2v) is 33.5. The number of unbranched alkanes of at least 4 members (excludes halogenated alkanes) is 60. The molecule has 0 fully saturated rings. The highest BCUT2D eigenvalue weighted by Crippen LogP contribution is 2.45. The molecule has 0 radical (unpaired) electrons. The molecule has 17 nitrogen and oxygen atoms in total. The van der Waals surface area contributed by atoms with Crippen LogP contribution < -0.4 is 0 Å². The van der Waals surface area contributed by atoms with Crippen LogP contribution in [0.15, 0.2) is 0 Å². The van der Waals surface area contributed by atoms with Crippen molar-refractivity contribution in [2.24, 2.45) is 0 Å². The van der Waals surface area contributed by atoms with Crippen LogP contribution in [0, 0.1) is 0 Å². The van der Waals surface area contributed by atoms with Gasteiger partial charge in [0.2, 0.25) is 0 Å². The zero-order valence-corrected chi connectivity index (χ0v) is 69.8. The van der Waals surface area contributed by atoms with E-state index in [1.807, 2.05) is 0 Å². The summed E-state index contributed by atoms with van der Waals surface area (Å²) in [5.74, 6) is -2.10. The quantitative estimate of drug-likeness (QED) is 0.0222. The van der Waals surface area contributed by atoms with Gasteiger partial charge in [0.15, 0.2) is 12.2 Å². The molecule has 0 heterocycles. The van der Waals surface area contributed by atoms with Crippen LogP contribution in [0.3, 0.4) is 0 Å². The summed E-state index contributed by atoms with van der Waals surface area (Å²) in [5, 5.41) is 10.7. The second kappa shape index (κ2) is 79.2. The Morgan fingerprint density at radius 2 is 0.385 bits per heavy atom. The molecule has 0 rings (SSSR count). The molecule has 2 unspecified atom stereocenters. The molecule has 0 aromatic rings. The Morgan fingerprint density at radius 3 is 0.567 bits per heavy atom. The summed E-state index contributed by atoms with van der Waals surface area (Å²) in [6, 6.07) is 0. The van der Waals surface area contributed by atoms with Gasteiger partial charge in [0.1, 0.15) is 19.3 Å². The fourth-order valence-electron chi connectivity index (χ4n) is 13.3. The first kappa shape index (κ1) is 102. The van der Waals surface area contributed by atoms with E-state index in [1.54, 1.807) is 0 Å². The molecule has 0 aromatic carbocycles. The lowest BCUT2D eigenvalue weighted by molar-refractivity contribution is -0.161. The maximum absolute atomic E-state index is 13.1. The van der Waals surface area contributed by atoms with Gasteiger partial charge in [-0.15, -0.1) is 0 Å². The third-order valence-corrected chi connectivity index (χ3v) is 22.0. The van der Waals surface area contributed by atoms with Gasteiger partial charge in [-0.25, -0.2) is 9.13 Å². The molecule has 0 aliphatic rings. The normalized spacial score (nSPS) is 13.7. The van der Waals surface area contributed by atoms with Crippen LogP contribution >= 0.6 is 15.6 Å². The van der Waals surface area contributed by atoms with E-state index < -0.39 is 97.5 Å². The highest BCUT2D eigenvalue weighted by Gasteiger charge is 2.30. The minimum Gasteiger partial charge on any atom is -0.462 e. The summed E-state index contributed by atoms with van der Waals surface area (Å²) < 4.78 is 68.8. The van der Waals surface area contributed by atoms with Gasteiger partial charge in [0.25, 0.3) is 0 Å². The lowest BCUT2D eigenvalue weighted by atomic mass is 10.0. The van der Waals surface area contributed by atoms with Gasteiger partial charge < -0.3 is 33.8 Å². The van der Waals surface area contributed by atoms with Crippen molar-refractivity contribution in [1.82, 2.24) is 0 Å². The highest BCUT2D eigenvalue weighted by atomic mass is 31.2. The van der Waals surface area contributed by atoms with Crippen molar-refractivity contribution in [3.63, 3.8) is 0 Å². The van der Waals surface area contributed by atoms with Gasteiger partial charge in [-0.2, -0.15) is 0 Å². The summed E-state index contributed by atoms with van der Waals surface area (Å²) in [7, 11) is -9.92. The molecule has 3 N–H and O–H groups in total. The van der Waals surface area contributed by atoms with Crippen molar-refractivity contribution in [1.29, 1.82) is 0 Å². The van der Waals surface area contributed by atoms with Gasteiger partial charge in [0.05, 0.1) is 26.4 Å². The van der Waals surface area contributed by atoms with Crippen molar-refractivity contribution >= 4 is 39.5 Å². The average molecular weight is 1520 g/mol. The van der Waals surface area contributed by atoms with Crippen LogP contribution in [0.1, 0.15) is 464 Å². The Hall–Kier alpha value is -1.94. The summed E-state index contributed by atoms with van der Waals surface area (Å²) in [6.07, 6.45) is 73.7. The number of esters is 4. The number of ether oxygens (including phenoxy) is 4. The molecular formula is C85H166O17P2. The van der Waals surface area contributed by atoms with E-state index in [9.17, 15) is 43.2 Å². The van der Waals surface area contributed by atoms with E-state index in [4.69, 9.17) is 37.0 Å². The zero-order valence-electron chi connectivity index (χ0n) is 68.0. The number of hydrogen-bond donors (Lipinski definition) is 3. The molecule has 0 saturated heterocycles. The fourth-order valence-corrected chi connectivity index (χ4v) is 14.9. The summed E-state index contributed by atoms with van der Waals surface area (Å²) >= 11 is 0. The lowest BCUT2D eigenvalue weighted by Crippen LogP contribution is -2.30. The summed E-state index contributed by atoms with van der Waals surface area (Å²) in [6.45, 7) is 5.04. The Bertz CT molecular complexity index is 1960. The molecule has 104 heavy (non-hydrogen) atoms. The van der Waals surface area contributed by atoms with Crippen LogP contribution in [0.5, 0.6) is 0 Å². The SMILES string of the molecule is CCCCCCCCCCCCCCCCCCCCCCCCC(=O)O[C@H](COC(=O)CCCCCCCCCCCCCCCCCCCCC)COP(=O)(O)OC[C@@H](O)COP(=O)(O)OC[C@@H](COC(=O)CCCCCCCCCCCC)OC(=O)CCCCCCCCCCCCCCC. The Morgan fingerprint density at radius 1 is 0.231 bits per heavy atom. The number of hydrogen-bond acceptors (Lipinski definition) is 15. The Balaban J connectivity index is 5.20. The van der Waals surface area contributed by atoms with E-state index in [2.05, 4.69) is 27.7 Å². The smallest absolute Gasteiger partial charge is 0.462 e. The predicted molar refractivity (Wildman–Crippen MR) is 428 cm³/mol. The molecule has 0 aliphatic carbocycles. The number of carbonyl (C=O) groups is 4. The first-order valence-electron chi connectivity index (χ1n) is 44.3. The molecule has 0 spiro atoms. The number of rotatable bonds is 86. The van der Waals surface area contributed by atoms with Crippen LogP contribution in [-0.2, 0) is 65.4 Å². The van der Waals surface area contributed by atoms with Crippen LogP contribution in [0.2, 0.25) is 0 Å². The maximum atomic E-state index is 13.1. The number of carbonyl (C=O) groups excluding carboxylic acids is 4. The van der Waals surface area contributed by atoms with Crippen molar-refractivity contribution in [3.8, 4) is 0 Å². The van der Waals surface area contributed by atoms with Crippen LogP contribution in [0.25, 0.3) is 0 Å². The van der Waals surface area contributed by atoms with Crippen molar-refractivity contribution in [2.75, 3.05) is 39.6 Å². The van der Waals surface area contributed by atoms with Gasteiger partial charge in [0, 0.05) is 25.7 Å². The van der Waals surface area contributed by atoms with Gasteiger partial charge in [-0.05, 0) is 25.7 Å². The number of phosphoric acid groups is 2. The predicted octanol–water partition coefficient (Wildman–Crippen LogP) is 26.1. The average Bonchev–Trinajstić information content (AvgIpc) is 0.921. The summed E-state index contributed by atoms with van der Waals surface area (Å²) in [5.41, 5.74) is 0. The third-order valence-electron chi connectivity index (χ3n) is 20.1. The first-order chi connectivity index (χ1) is 50.7. The molecule has 0 aromatic heterocycles. The third kappa shape index (κ3) is 78.2.